The van der Waals surface area contributed by atoms with Gasteiger partial charge in [-0.3, -0.25) is 4.99 Å². The van der Waals surface area contributed by atoms with Crippen LogP contribution in [0.1, 0.15) is 37.8 Å². The van der Waals surface area contributed by atoms with Gasteiger partial charge in [-0.1, -0.05) is 18.6 Å². The van der Waals surface area contributed by atoms with Crippen LogP contribution in [0, 0.1) is 5.82 Å². The summed E-state index contributed by atoms with van der Waals surface area (Å²) in [5, 5.41) is 6.73. The molecule has 0 aliphatic carbocycles. The molecule has 1 aromatic carbocycles. The highest BCUT2D eigenvalue weighted by Gasteiger charge is 2.15. The molecule has 5 nitrogen and oxygen atoms in total. The van der Waals surface area contributed by atoms with Crippen LogP contribution in [0.4, 0.5) is 4.39 Å². The molecule has 2 rings (SSSR count). The molecule has 1 heterocycles. The van der Waals surface area contributed by atoms with E-state index in [-0.39, 0.29) is 35.8 Å². The fourth-order valence-corrected chi connectivity index (χ4v) is 3.32. The minimum absolute atomic E-state index is 0. The van der Waals surface area contributed by atoms with Gasteiger partial charge in [0, 0.05) is 19.6 Å². The van der Waals surface area contributed by atoms with Crippen LogP contribution in [0.3, 0.4) is 0 Å². The minimum atomic E-state index is -0.204. The van der Waals surface area contributed by atoms with Gasteiger partial charge < -0.3 is 20.4 Å². The number of halogens is 2. The van der Waals surface area contributed by atoms with Crippen molar-refractivity contribution < 1.29 is 4.39 Å². The molecular formula is C20H35FIN5. The van der Waals surface area contributed by atoms with Crippen LogP contribution in [0.15, 0.2) is 29.3 Å². The van der Waals surface area contributed by atoms with Crippen molar-refractivity contribution in [1.82, 2.24) is 20.4 Å². The van der Waals surface area contributed by atoms with Crippen molar-refractivity contribution in [2.45, 2.75) is 32.2 Å². The smallest absolute Gasteiger partial charge is 0.191 e. The molecule has 0 spiro atoms. The molecule has 1 aliphatic heterocycles. The van der Waals surface area contributed by atoms with Crippen LogP contribution >= 0.6 is 24.0 Å². The van der Waals surface area contributed by atoms with Crippen LogP contribution in [0.25, 0.3) is 0 Å². The number of piperidine rings is 1. The SMILES string of the molecule is CCNC(=NCC(c1cccc(F)c1)N(C)C)NCCN1CCCCC1.I. The second-order valence-electron chi connectivity index (χ2n) is 7.08. The van der Waals surface area contributed by atoms with E-state index in [1.807, 2.05) is 20.2 Å². The summed E-state index contributed by atoms with van der Waals surface area (Å²) >= 11 is 0. The van der Waals surface area contributed by atoms with Crippen LogP contribution in [-0.2, 0) is 0 Å². The Kier molecular flexibility index (Phi) is 11.9. The van der Waals surface area contributed by atoms with Gasteiger partial charge >= 0.3 is 0 Å². The van der Waals surface area contributed by atoms with Crippen LogP contribution in [-0.4, -0.2) is 69.1 Å². The Morgan fingerprint density at radius 1 is 1.22 bits per heavy atom. The molecule has 0 bridgehead atoms. The molecule has 1 unspecified atom stereocenters. The zero-order chi connectivity index (χ0) is 18.8. The summed E-state index contributed by atoms with van der Waals surface area (Å²) in [4.78, 5) is 9.32. The van der Waals surface area contributed by atoms with Gasteiger partial charge in [-0.25, -0.2) is 4.39 Å². The average Bonchev–Trinajstić information content (AvgIpc) is 2.62. The molecule has 1 aromatic rings. The van der Waals surface area contributed by atoms with Crippen molar-refractivity contribution in [2.75, 3.05) is 53.4 Å². The molecule has 0 saturated carbocycles. The van der Waals surface area contributed by atoms with E-state index in [4.69, 9.17) is 4.99 Å². The van der Waals surface area contributed by atoms with Crippen LogP contribution in [0.2, 0.25) is 0 Å². The molecular weight excluding hydrogens is 456 g/mol. The Morgan fingerprint density at radius 2 is 1.96 bits per heavy atom. The molecule has 0 aromatic heterocycles. The lowest BCUT2D eigenvalue weighted by molar-refractivity contribution is 0.232. The van der Waals surface area contributed by atoms with E-state index >= 15 is 0 Å². The molecule has 0 radical (unpaired) electrons. The number of benzene rings is 1. The lowest BCUT2D eigenvalue weighted by atomic mass is 10.1. The predicted molar refractivity (Wildman–Crippen MR) is 123 cm³/mol. The lowest BCUT2D eigenvalue weighted by Gasteiger charge is -2.27. The maximum absolute atomic E-state index is 13.6. The Balaban J connectivity index is 0.00000364. The Hall–Kier alpha value is -0.930. The topological polar surface area (TPSA) is 42.9 Å². The number of hydrogen-bond donors (Lipinski definition) is 2. The average molecular weight is 491 g/mol. The fourth-order valence-electron chi connectivity index (χ4n) is 3.32. The van der Waals surface area contributed by atoms with Gasteiger partial charge in [0.25, 0.3) is 0 Å². The standard InChI is InChI=1S/C20H34FN5.HI/c1-4-22-20(23-11-14-26-12-6-5-7-13-26)24-16-19(25(2)3)17-9-8-10-18(21)15-17;/h8-10,15,19H,4-7,11-14,16H2,1-3H3,(H2,22,23,24);1H. The molecule has 0 amide bonds. The molecule has 1 fully saturated rings. The molecule has 1 saturated heterocycles. The van der Waals surface area contributed by atoms with Crippen molar-refractivity contribution in [3.05, 3.63) is 35.6 Å². The van der Waals surface area contributed by atoms with E-state index in [9.17, 15) is 4.39 Å². The number of nitrogens with zero attached hydrogens (tertiary/aromatic N) is 3. The quantitative estimate of drug-likeness (QED) is 0.333. The number of hydrogen-bond acceptors (Lipinski definition) is 3. The van der Waals surface area contributed by atoms with Gasteiger partial charge in [0.2, 0.25) is 0 Å². The maximum atomic E-state index is 13.6. The van der Waals surface area contributed by atoms with Gasteiger partial charge in [0.15, 0.2) is 5.96 Å². The Morgan fingerprint density at radius 3 is 2.59 bits per heavy atom. The second kappa shape index (κ2) is 13.3. The van der Waals surface area contributed by atoms with Crippen LogP contribution < -0.4 is 10.6 Å². The number of likely N-dealkylation sites (tertiary alicyclic amines) is 1. The van der Waals surface area contributed by atoms with E-state index in [2.05, 4.69) is 27.4 Å². The summed E-state index contributed by atoms with van der Waals surface area (Å²) in [7, 11) is 4.00. The third kappa shape index (κ3) is 8.74. The van der Waals surface area contributed by atoms with E-state index in [0.29, 0.717) is 6.54 Å². The highest BCUT2D eigenvalue weighted by atomic mass is 127. The van der Waals surface area contributed by atoms with Crippen molar-refractivity contribution >= 4 is 29.9 Å². The molecule has 1 atom stereocenters. The van der Waals surface area contributed by atoms with Gasteiger partial charge in [-0.2, -0.15) is 0 Å². The number of guanidine groups is 1. The number of nitrogens with one attached hydrogen (secondary N) is 2. The van der Waals surface area contributed by atoms with E-state index in [0.717, 1.165) is 31.2 Å². The first-order chi connectivity index (χ1) is 12.6. The van der Waals surface area contributed by atoms with Crippen molar-refractivity contribution in [3.63, 3.8) is 0 Å². The molecule has 27 heavy (non-hydrogen) atoms. The Bertz CT molecular complexity index is 561. The summed E-state index contributed by atoms with van der Waals surface area (Å²) in [5.74, 6) is 0.623. The van der Waals surface area contributed by atoms with Gasteiger partial charge in [-0.05, 0) is 64.6 Å². The first-order valence-electron chi connectivity index (χ1n) is 9.76. The van der Waals surface area contributed by atoms with E-state index in [1.165, 1.54) is 38.4 Å². The maximum Gasteiger partial charge on any atom is 0.191 e. The van der Waals surface area contributed by atoms with Crippen molar-refractivity contribution in [2.24, 2.45) is 4.99 Å². The fraction of sp³-hybridized carbons (Fsp3) is 0.650. The number of likely N-dealkylation sites (N-methyl/N-ethyl adjacent to an activating group) is 1. The largest absolute Gasteiger partial charge is 0.357 e. The lowest BCUT2D eigenvalue weighted by Crippen LogP contribution is -2.43. The number of rotatable bonds is 8. The molecule has 7 heteroatoms. The van der Waals surface area contributed by atoms with Gasteiger partial charge in [0.05, 0.1) is 12.6 Å². The van der Waals surface area contributed by atoms with Gasteiger partial charge in [0.1, 0.15) is 5.82 Å². The first-order valence-corrected chi connectivity index (χ1v) is 9.76. The third-order valence-corrected chi connectivity index (χ3v) is 4.79. The normalized spacial score (nSPS) is 16.7. The summed E-state index contributed by atoms with van der Waals surface area (Å²) in [6.07, 6.45) is 3.98. The highest BCUT2D eigenvalue weighted by Crippen LogP contribution is 2.19. The molecule has 1 aliphatic rings. The Labute approximate surface area is 180 Å². The molecule has 154 valence electrons. The zero-order valence-corrected chi connectivity index (χ0v) is 19.2. The van der Waals surface area contributed by atoms with Crippen molar-refractivity contribution in [3.8, 4) is 0 Å². The monoisotopic (exact) mass is 491 g/mol. The second-order valence-corrected chi connectivity index (χ2v) is 7.08. The summed E-state index contributed by atoms with van der Waals surface area (Å²) in [6, 6.07) is 6.83. The van der Waals surface area contributed by atoms with Crippen LogP contribution in [0.5, 0.6) is 0 Å². The highest BCUT2D eigenvalue weighted by molar-refractivity contribution is 14.0. The zero-order valence-electron chi connectivity index (χ0n) is 16.9. The van der Waals surface area contributed by atoms with Gasteiger partial charge in [-0.15, -0.1) is 24.0 Å². The van der Waals surface area contributed by atoms with Crippen molar-refractivity contribution in [1.29, 1.82) is 0 Å². The third-order valence-electron chi connectivity index (χ3n) is 4.79. The summed E-state index contributed by atoms with van der Waals surface area (Å²) in [5.41, 5.74) is 0.947. The first kappa shape index (κ1) is 24.1. The molecule has 2 N–H and O–H groups in total. The van der Waals surface area contributed by atoms with E-state index < -0.39 is 0 Å². The predicted octanol–water partition coefficient (Wildman–Crippen LogP) is 3.09. The number of aliphatic imine (C=N–C) groups is 1. The minimum Gasteiger partial charge on any atom is -0.357 e. The summed E-state index contributed by atoms with van der Waals surface area (Å²) < 4.78 is 13.6. The van der Waals surface area contributed by atoms with E-state index in [1.54, 1.807) is 12.1 Å². The summed E-state index contributed by atoms with van der Waals surface area (Å²) in [6.45, 7) is 7.81.